The second kappa shape index (κ2) is 4.55. The number of aliphatic carboxylic acids is 1. The monoisotopic (exact) mass is 147 g/mol. The molecule has 3 nitrogen and oxygen atoms in total. The number of rotatable bonds is 2. The van der Waals surface area contributed by atoms with Gasteiger partial charge < -0.3 is 14.9 Å². The number of carbonyl (C=O) groups is 1. The summed E-state index contributed by atoms with van der Waals surface area (Å²) >= 11 is 0. The quantitative estimate of drug-likeness (QED) is 0.438. The van der Waals surface area contributed by atoms with Crippen molar-refractivity contribution in [2.75, 3.05) is 0 Å². The zero-order chi connectivity index (χ0) is 6.69. The largest absolute Gasteiger partial charge is 1.00 e. The molecular formula is C6H6NNaO2. The van der Waals surface area contributed by atoms with Crippen molar-refractivity contribution < 1.29 is 39.5 Å². The molecule has 0 saturated carbocycles. The molecule has 0 aromatic carbocycles. The molecule has 1 aromatic heterocycles. The maximum atomic E-state index is 9.94. The summed E-state index contributed by atoms with van der Waals surface area (Å²) in [6.07, 6.45) is 1.64. The molecular weight excluding hydrogens is 141 g/mol. The minimum Gasteiger partial charge on any atom is -0.550 e. The Labute approximate surface area is 80.7 Å². The van der Waals surface area contributed by atoms with Crippen molar-refractivity contribution >= 4 is 5.97 Å². The molecule has 1 heterocycles. The van der Waals surface area contributed by atoms with E-state index in [9.17, 15) is 9.90 Å². The summed E-state index contributed by atoms with van der Waals surface area (Å²) in [6.45, 7) is 0. The first-order valence-corrected chi connectivity index (χ1v) is 2.61. The van der Waals surface area contributed by atoms with Crippen LogP contribution in [0.5, 0.6) is 0 Å². The van der Waals surface area contributed by atoms with Crippen LogP contribution in [-0.2, 0) is 11.2 Å². The molecule has 0 spiro atoms. The third kappa shape index (κ3) is 3.06. The van der Waals surface area contributed by atoms with E-state index in [2.05, 4.69) is 4.98 Å². The third-order valence-corrected chi connectivity index (χ3v) is 0.997. The van der Waals surface area contributed by atoms with Crippen LogP contribution in [-0.4, -0.2) is 11.0 Å². The van der Waals surface area contributed by atoms with Gasteiger partial charge in [0.15, 0.2) is 0 Å². The van der Waals surface area contributed by atoms with Crippen molar-refractivity contribution in [3.8, 4) is 0 Å². The Morgan fingerprint density at radius 1 is 1.70 bits per heavy atom. The molecule has 1 aromatic rings. The van der Waals surface area contributed by atoms with Crippen molar-refractivity contribution in [3.63, 3.8) is 0 Å². The maximum absolute atomic E-state index is 9.94. The Kier molecular flexibility index (Phi) is 4.43. The molecule has 4 heteroatoms. The number of carboxylic acid groups (broad SMARTS) is 1. The van der Waals surface area contributed by atoms with E-state index in [1.165, 1.54) is 0 Å². The van der Waals surface area contributed by atoms with E-state index in [1.807, 2.05) is 0 Å². The second-order valence-corrected chi connectivity index (χ2v) is 1.74. The normalized spacial score (nSPS) is 8.40. The number of carbonyl (C=O) groups excluding carboxylic acids is 1. The predicted octanol–water partition coefficient (Wildman–Crippen LogP) is -3.69. The van der Waals surface area contributed by atoms with Crippen LogP contribution in [0.15, 0.2) is 18.3 Å². The van der Waals surface area contributed by atoms with Gasteiger partial charge in [-0.2, -0.15) is 0 Å². The summed E-state index contributed by atoms with van der Waals surface area (Å²) in [7, 11) is 0. The van der Waals surface area contributed by atoms with Crippen molar-refractivity contribution in [1.29, 1.82) is 0 Å². The summed E-state index contributed by atoms with van der Waals surface area (Å²) in [5, 5.41) is 9.94. The zero-order valence-corrected chi connectivity index (χ0v) is 7.76. The molecule has 0 fully saturated rings. The van der Waals surface area contributed by atoms with E-state index >= 15 is 0 Å². The minimum absolute atomic E-state index is 0. The van der Waals surface area contributed by atoms with Crippen LogP contribution < -0.4 is 34.7 Å². The minimum atomic E-state index is -1.06. The first-order chi connectivity index (χ1) is 4.29. The van der Waals surface area contributed by atoms with E-state index in [4.69, 9.17) is 0 Å². The molecule has 10 heavy (non-hydrogen) atoms. The van der Waals surface area contributed by atoms with E-state index < -0.39 is 5.97 Å². The van der Waals surface area contributed by atoms with Gasteiger partial charge in [0.1, 0.15) is 0 Å². The van der Waals surface area contributed by atoms with Crippen molar-refractivity contribution in [2.24, 2.45) is 0 Å². The number of carboxylic acids is 1. The van der Waals surface area contributed by atoms with Gasteiger partial charge in [-0.25, -0.2) is 0 Å². The first kappa shape index (κ1) is 9.75. The van der Waals surface area contributed by atoms with Crippen LogP contribution in [0.2, 0.25) is 0 Å². The Morgan fingerprint density at radius 3 is 2.80 bits per heavy atom. The molecule has 48 valence electrons. The van der Waals surface area contributed by atoms with E-state index in [0.717, 1.165) is 0 Å². The van der Waals surface area contributed by atoms with Crippen LogP contribution >= 0.6 is 0 Å². The number of hydrogen-bond acceptors (Lipinski definition) is 2. The van der Waals surface area contributed by atoms with Gasteiger partial charge in [0.25, 0.3) is 0 Å². The van der Waals surface area contributed by atoms with Crippen molar-refractivity contribution in [1.82, 2.24) is 4.98 Å². The first-order valence-electron chi connectivity index (χ1n) is 2.61. The summed E-state index contributed by atoms with van der Waals surface area (Å²) in [5.41, 5.74) is 0.676. The Morgan fingerprint density at radius 2 is 2.40 bits per heavy atom. The zero-order valence-electron chi connectivity index (χ0n) is 5.76. The molecule has 0 atom stereocenters. The second-order valence-electron chi connectivity index (χ2n) is 1.74. The van der Waals surface area contributed by atoms with Crippen LogP contribution in [0.3, 0.4) is 0 Å². The van der Waals surface area contributed by atoms with Gasteiger partial charge >= 0.3 is 29.6 Å². The van der Waals surface area contributed by atoms with Crippen LogP contribution in [0.1, 0.15) is 5.69 Å². The van der Waals surface area contributed by atoms with Gasteiger partial charge in [-0.1, -0.05) is 0 Å². The Hall–Kier alpha value is -0.250. The molecule has 0 aliphatic heterocycles. The standard InChI is InChI=1S/C6H7NO2.Na/c8-6(9)4-5-2-1-3-7-5;/h1-3,7H,4H2,(H,8,9);/q;+1/p-1. The fraction of sp³-hybridized carbons (Fsp3) is 0.167. The van der Waals surface area contributed by atoms with Gasteiger partial charge in [-0.05, 0) is 12.1 Å². The summed E-state index contributed by atoms with van der Waals surface area (Å²) < 4.78 is 0. The molecule has 0 radical (unpaired) electrons. The van der Waals surface area contributed by atoms with Crippen molar-refractivity contribution in [2.45, 2.75) is 6.42 Å². The average molecular weight is 147 g/mol. The molecule has 1 N–H and O–H groups in total. The van der Waals surface area contributed by atoms with E-state index in [0.29, 0.717) is 5.69 Å². The number of hydrogen-bond donors (Lipinski definition) is 1. The molecule has 0 saturated heterocycles. The Bertz CT molecular complexity index is 196. The van der Waals surface area contributed by atoms with Crippen LogP contribution in [0.25, 0.3) is 0 Å². The number of H-pyrrole nitrogens is 1. The number of aromatic nitrogens is 1. The molecule has 0 amide bonds. The SMILES string of the molecule is O=C([O-])Cc1ccc[nH]1.[Na+]. The average Bonchev–Trinajstić information content (AvgIpc) is 2.15. The van der Waals surface area contributed by atoms with Gasteiger partial charge in [0.05, 0.1) is 0 Å². The van der Waals surface area contributed by atoms with Crippen LogP contribution in [0, 0.1) is 0 Å². The molecule has 1 rings (SSSR count). The van der Waals surface area contributed by atoms with Crippen LogP contribution in [0.4, 0.5) is 0 Å². The summed E-state index contributed by atoms with van der Waals surface area (Å²) in [5.74, 6) is -1.06. The fourth-order valence-electron chi connectivity index (χ4n) is 0.633. The summed E-state index contributed by atoms with van der Waals surface area (Å²) in [6, 6.07) is 3.45. The smallest absolute Gasteiger partial charge is 0.550 e. The molecule has 0 unspecified atom stereocenters. The van der Waals surface area contributed by atoms with Gasteiger partial charge in [0.2, 0.25) is 0 Å². The number of nitrogens with one attached hydrogen (secondary N) is 1. The van der Waals surface area contributed by atoms with E-state index in [1.54, 1.807) is 18.3 Å². The number of aromatic amines is 1. The third-order valence-electron chi connectivity index (χ3n) is 0.997. The Balaban J connectivity index is 0.000000810. The maximum Gasteiger partial charge on any atom is 1.00 e. The molecule has 0 aliphatic carbocycles. The predicted molar refractivity (Wildman–Crippen MR) is 29.5 cm³/mol. The van der Waals surface area contributed by atoms with Crippen molar-refractivity contribution in [3.05, 3.63) is 24.0 Å². The van der Waals surface area contributed by atoms with Gasteiger partial charge in [0, 0.05) is 24.3 Å². The summed E-state index contributed by atoms with van der Waals surface area (Å²) in [4.78, 5) is 12.7. The topological polar surface area (TPSA) is 55.9 Å². The van der Waals surface area contributed by atoms with Gasteiger partial charge in [-0.3, -0.25) is 0 Å². The molecule has 0 aliphatic rings. The van der Waals surface area contributed by atoms with E-state index in [-0.39, 0.29) is 36.0 Å². The molecule has 0 bridgehead atoms. The van der Waals surface area contributed by atoms with Gasteiger partial charge in [-0.15, -0.1) is 0 Å². The fourth-order valence-corrected chi connectivity index (χ4v) is 0.633.